The molecule has 2 aliphatic heterocycles. The van der Waals surface area contributed by atoms with Crippen LogP contribution in [0.25, 0.3) is 0 Å². The van der Waals surface area contributed by atoms with Gasteiger partial charge in [0.15, 0.2) is 0 Å². The molecule has 2 aromatic carbocycles. The predicted molar refractivity (Wildman–Crippen MR) is 104 cm³/mol. The van der Waals surface area contributed by atoms with Crippen LogP contribution in [-0.2, 0) is 11.2 Å². The number of hydrogen-bond donors (Lipinski definition) is 2. The van der Waals surface area contributed by atoms with Gasteiger partial charge in [-0.1, -0.05) is 17.7 Å². The standard InChI is InChI=1S/C20H20ClN3O3/c21-15-2-1-3-16(9-15)22-20(26)24-10-13(11-24)12-27-17-5-6-18-14(8-17)4-7-19(25)23-18/h1-3,5-6,8-9,13H,4,7,10-12H2,(H,22,26)(H,23,25). The Bertz CT molecular complexity index is 881. The van der Waals surface area contributed by atoms with Crippen molar-refractivity contribution in [3.63, 3.8) is 0 Å². The fraction of sp³-hybridized carbons (Fsp3) is 0.300. The number of carbonyl (C=O) groups is 2. The average Bonchev–Trinajstić information content (AvgIpc) is 2.60. The number of anilines is 2. The average molecular weight is 386 g/mol. The quantitative estimate of drug-likeness (QED) is 0.841. The van der Waals surface area contributed by atoms with E-state index in [1.165, 1.54) is 0 Å². The van der Waals surface area contributed by atoms with Crippen molar-refractivity contribution in [1.29, 1.82) is 0 Å². The van der Waals surface area contributed by atoms with Crippen LogP contribution < -0.4 is 15.4 Å². The van der Waals surface area contributed by atoms with Crippen molar-refractivity contribution in [2.75, 3.05) is 30.3 Å². The second kappa shape index (κ2) is 7.48. The van der Waals surface area contributed by atoms with Crippen molar-refractivity contribution in [3.05, 3.63) is 53.1 Å². The molecule has 0 bridgehead atoms. The highest BCUT2D eigenvalue weighted by Gasteiger charge is 2.31. The second-order valence-corrected chi connectivity index (χ2v) is 7.33. The maximum absolute atomic E-state index is 12.2. The molecule has 0 saturated carbocycles. The number of halogens is 1. The van der Waals surface area contributed by atoms with E-state index in [9.17, 15) is 9.59 Å². The largest absolute Gasteiger partial charge is 0.493 e. The molecule has 3 amide bonds. The molecule has 140 valence electrons. The first-order valence-corrected chi connectivity index (χ1v) is 9.32. The van der Waals surface area contributed by atoms with Gasteiger partial charge in [-0.05, 0) is 48.4 Å². The number of fused-ring (bicyclic) bond motifs is 1. The zero-order valence-electron chi connectivity index (χ0n) is 14.7. The summed E-state index contributed by atoms with van der Waals surface area (Å²) >= 11 is 5.93. The highest BCUT2D eigenvalue weighted by molar-refractivity contribution is 6.30. The summed E-state index contributed by atoms with van der Waals surface area (Å²) in [7, 11) is 0. The number of urea groups is 1. The molecule has 6 nitrogen and oxygen atoms in total. The van der Waals surface area contributed by atoms with Crippen LogP contribution in [0, 0.1) is 5.92 Å². The number of aryl methyl sites for hydroxylation is 1. The van der Waals surface area contributed by atoms with E-state index < -0.39 is 0 Å². The van der Waals surface area contributed by atoms with E-state index in [1.807, 2.05) is 24.3 Å². The van der Waals surface area contributed by atoms with Crippen LogP contribution in [0.5, 0.6) is 5.75 Å². The third-order valence-corrected chi connectivity index (χ3v) is 5.01. The third-order valence-electron chi connectivity index (χ3n) is 4.78. The molecular formula is C20H20ClN3O3. The molecule has 4 rings (SSSR count). The van der Waals surface area contributed by atoms with Crippen molar-refractivity contribution in [3.8, 4) is 5.75 Å². The van der Waals surface area contributed by atoms with Gasteiger partial charge < -0.3 is 20.3 Å². The van der Waals surface area contributed by atoms with Crippen LogP contribution in [0.1, 0.15) is 12.0 Å². The highest BCUT2D eigenvalue weighted by atomic mass is 35.5. The predicted octanol–water partition coefficient (Wildman–Crippen LogP) is 3.77. The fourth-order valence-electron chi connectivity index (χ4n) is 3.27. The molecule has 27 heavy (non-hydrogen) atoms. The van der Waals surface area contributed by atoms with E-state index >= 15 is 0 Å². The van der Waals surface area contributed by atoms with E-state index in [4.69, 9.17) is 16.3 Å². The maximum atomic E-state index is 12.2. The fourth-order valence-corrected chi connectivity index (χ4v) is 3.46. The number of likely N-dealkylation sites (tertiary alicyclic amines) is 1. The first-order valence-electron chi connectivity index (χ1n) is 8.94. The zero-order valence-corrected chi connectivity index (χ0v) is 15.5. The second-order valence-electron chi connectivity index (χ2n) is 6.89. The Morgan fingerprint density at radius 1 is 1.22 bits per heavy atom. The van der Waals surface area contributed by atoms with Gasteiger partial charge in [0.1, 0.15) is 5.75 Å². The van der Waals surface area contributed by atoms with Crippen molar-refractivity contribution >= 4 is 34.9 Å². The number of benzene rings is 2. The Kier molecular flexibility index (Phi) is 4.90. The SMILES string of the molecule is O=C1CCc2cc(OCC3CN(C(=O)Nc4cccc(Cl)c4)C3)ccc2N1. The van der Waals surface area contributed by atoms with E-state index in [2.05, 4.69) is 10.6 Å². The number of hydrogen-bond acceptors (Lipinski definition) is 3. The molecular weight excluding hydrogens is 366 g/mol. The summed E-state index contributed by atoms with van der Waals surface area (Å²) in [6, 6.07) is 12.7. The topological polar surface area (TPSA) is 70.7 Å². The molecule has 0 aromatic heterocycles. The van der Waals surface area contributed by atoms with Crippen LogP contribution in [0.4, 0.5) is 16.2 Å². The lowest BCUT2D eigenvalue weighted by Crippen LogP contribution is -2.53. The Labute approximate surface area is 162 Å². The third kappa shape index (κ3) is 4.17. The Hall–Kier alpha value is -2.73. The van der Waals surface area contributed by atoms with E-state index in [0.29, 0.717) is 42.7 Å². The summed E-state index contributed by atoms with van der Waals surface area (Å²) in [5.74, 6) is 1.17. The Morgan fingerprint density at radius 2 is 2.07 bits per heavy atom. The van der Waals surface area contributed by atoms with Crippen molar-refractivity contribution < 1.29 is 14.3 Å². The maximum Gasteiger partial charge on any atom is 0.321 e. The van der Waals surface area contributed by atoms with Crippen molar-refractivity contribution in [2.24, 2.45) is 5.92 Å². The van der Waals surface area contributed by atoms with Crippen LogP contribution in [0.15, 0.2) is 42.5 Å². The number of nitrogens with one attached hydrogen (secondary N) is 2. The van der Waals surface area contributed by atoms with Crippen LogP contribution in [-0.4, -0.2) is 36.5 Å². The molecule has 0 aliphatic carbocycles. The normalized spacial score (nSPS) is 16.2. The molecule has 0 unspecified atom stereocenters. The number of amides is 3. The van der Waals surface area contributed by atoms with Gasteiger partial charge in [-0.25, -0.2) is 4.79 Å². The minimum absolute atomic E-state index is 0.0572. The summed E-state index contributed by atoms with van der Waals surface area (Å²) < 4.78 is 5.88. The van der Waals surface area contributed by atoms with Crippen LogP contribution >= 0.6 is 11.6 Å². The summed E-state index contributed by atoms with van der Waals surface area (Å²) in [5, 5.41) is 6.30. The van der Waals surface area contributed by atoms with Gasteiger partial charge in [-0.3, -0.25) is 4.79 Å². The van der Waals surface area contributed by atoms with Gasteiger partial charge in [0, 0.05) is 41.8 Å². The molecule has 7 heteroatoms. The monoisotopic (exact) mass is 385 g/mol. The lowest BCUT2D eigenvalue weighted by Gasteiger charge is -2.38. The molecule has 1 saturated heterocycles. The van der Waals surface area contributed by atoms with Gasteiger partial charge in [0.2, 0.25) is 5.91 Å². The Morgan fingerprint density at radius 3 is 2.89 bits per heavy atom. The zero-order chi connectivity index (χ0) is 18.8. The van der Waals surface area contributed by atoms with Gasteiger partial charge in [0.25, 0.3) is 0 Å². The molecule has 2 N–H and O–H groups in total. The van der Waals surface area contributed by atoms with E-state index in [-0.39, 0.29) is 11.9 Å². The molecule has 2 heterocycles. The minimum atomic E-state index is -0.127. The lowest BCUT2D eigenvalue weighted by molar-refractivity contribution is -0.116. The van der Waals surface area contributed by atoms with Gasteiger partial charge in [-0.2, -0.15) is 0 Å². The minimum Gasteiger partial charge on any atom is -0.493 e. The smallest absolute Gasteiger partial charge is 0.321 e. The van der Waals surface area contributed by atoms with Crippen molar-refractivity contribution in [2.45, 2.75) is 12.8 Å². The number of ether oxygens (including phenoxy) is 1. The highest BCUT2D eigenvalue weighted by Crippen LogP contribution is 2.28. The summed E-state index contributed by atoms with van der Waals surface area (Å²) in [6.45, 7) is 1.88. The first-order chi connectivity index (χ1) is 13.1. The summed E-state index contributed by atoms with van der Waals surface area (Å²) in [6.07, 6.45) is 1.25. The van der Waals surface area contributed by atoms with Gasteiger partial charge in [-0.15, -0.1) is 0 Å². The van der Waals surface area contributed by atoms with Crippen LogP contribution in [0.3, 0.4) is 0 Å². The van der Waals surface area contributed by atoms with E-state index in [1.54, 1.807) is 23.1 Å². The van der Waals surface area contributed by atoms with Gasteiger partial charge in [0.05, 0.1) is 6.61 Å². The number of rotatable bonds is 4. The van der Waals surface area contributed by atoms with Gasteiger partial charge >= 0.3 is 6.03 Å². The molecule has 1 fully saturated rings. The van der Waals surface area contributed by atoms with Crippen LogP contribution in [0.2, 0.25) is 5.02 Å². The molecule has 0 radical (unpaired) electrons. The lowest BCUT2D eigenvalue weighted by atomic mass is 10.0. The molecule has 0 atom stereocenters. The summed E-state index contributed by atoms with van der Waals surface area (Å²) in [4.78, 5) is 25.4. The Balaban J connectivity index is 1.24. The molecule has 2 aliphatic rings. The van der Waals surface area contributed by atoms with Crippen molar-refractivity contribution in [1.82, 2.24) is 4.90 Å². The molecule has 2 aromatic rings. The number of nitrogens with zero attached hydrogens (tertiary/aromatic N) is 1. The number of carbonyl (C=O) groups excluding carboxylic acids is 2. The summed E-state index contributed by atoms with van der Waals surface area (Å²) in [5.41, 5.74) is 2.66. The molecule has 0 spiro atoms. The van der Waals surface area contributed by atoms with E-state index in [0.717, 1.165) is 23.4 Å². The first kappa shape index (κ1) is 17.7.